The summed E-state index contributed by atoms with van der Waals surface area (Å²) in [5, 5.41) is 12.2. The summed E-state index contributed by atoms with van der Waals surface area (Å²) in [6, 6.07) is 9.68. The van der Waals surface area contributed by atoms with E-state index in [1.165, 1.54) is 0 Å². The fourth-order valence-corrected chi connectivity index (χ4v) is 3.81. The number of nitrogens with one attached hydrogen (secondary N) is 1. The molecular formula is C12H14N2O2S. The Balaban J connectivity index is 2.22. The molecule has 0 amide bonds. The Morgan fingerprint density at radius 1 is 1.35 bits per heavy atom. The molecule has 17 heavy (non-hydrogen) atoms. The summed E-state index contributed by atoms with van der Waals surface area (Å²) in [5.41, 5.74) is 0.948. The van der Waals surface area contributed by atoms with Crippen molar-refractivity contribution in [3.05, 3.63) is 29.8 Å². The molecular weight excluding hydrogens is 236 g/mol. The lowest BCUT2D eigenvalue weighted by atomic mass is 10.0. The molecule has 1 aliphatic rings. The van der Waals surface area contributed by atoms with Crippen LogP contribution in [0.1, 0.15) is 12.0 Å². The van der Waals surface area contributed by atoms with Crippen LogP contribution >= 0.6 is 0 Å². The molecule has 5 heteroatoms. The van der Waals surface area contributed by atoms with E-state index in [9.17, 15) is 13.7 Å². The van der Waals surface area contributed by atoms with Gasteiger partial charge in [0.05, 0.1) is 17.6 Å². The second-order valence-electron chi connectivity index (χ2n) is 4.53. The number of nitriles is 1. The SMILES string of the molecule is Cc1ccc(NC2(C#N)CCS(=O)(=O)C2)cc1. The predicted octanol–water partition coefficient (Wildman–Crippen LogP) is 1.49. The first-order valence-electron chi connectivity index (χ1n) is 5.41. The minimum Gasteiger partial charge on any atom is -0.367 e. The van der Waals surface area contributed by atoms with Crippen LogP contribution < -0.4 is 5.32 Å². The van der Waals surface area contributed by atoms with Gasteiger partial charge in [0.1, 0.15) is 5.54 Å². The molecule has 1 N–H and O–H groups in total. The Labute approximate surface area is 101 Å². The maximum Gasteiger partial charge on any atom is 0.153 e. The zero-order valence-corrected chi connectivity index (χ0v) is 10.4. The number of nitrogens with zero attached hydrogens (tertiary/aromatic N) is 1. The van der Waals surface area contributed by atoms with Crippen LogP contribution in [0.2, 0.25) is 0 Å². The van der Waals surface area contributed by atoms with E-state index >= 15 is 0 Å². The lowest BCUT2D eigenvalue weighted by molar-refractivity contribution is 0.599. The van der Waals surface area contributed by atoms with Gasteiger partial charge in [-0.15, -0.1) is 0 Å². The average molecular weight is 250 g/mol. The van der Waals surface area contributed by atoms with Crippen LogP contribution in [0.4, 0.5) is 5.69 Å². The van der Waals surface area contributed by atoms with Crippen molar-refractivity contribution in [1.82, 2.24) is 0 Å². The van der Waals surface area contributed by atoms with Crippen LogP contribution in [0.5, 0.6) is 0 Å². The van der Waals surface area contributed by atoms with Crippen LogP contribution in [0.25, 0.3) is 0 Å². The molecule has 1 atom stereocenters. The molecule has 0 aliphatic carbocycles. The van der Waals surface area contributed by atoms with Crippen LogP contribution in [-0.2, 0) is 9.84 Å². The summed E-state index contributed by atoms with van der Waals surface area (Å²) in [6.45, 7) is 1.98. The van der Waals surface area contributed by atoms with Gasteiger partial charge in [0.25, 0.3) is 0 Å². The second-order valence-corrected chi connectivity index (χ2v) is 6.71. The van der Waals surface area contributed by atoms with E-state index in [1.54, 1.807) is 0 Å². The van der Waals surface area contributed by atoms with Gasteiger partial charge in [-0.2, -0.15) is 5.26 Å². The van der Waals surface area contributed by atoms with E-state index in [4.69, 9.17) is 0 Å². The third-order valence-corrected chi connectivity index (χ3v) is 4.71. The quantitative estimate of drug-likeness (QED) is 0.863. The van der Waals surface area contributed by atoms with Crippen molar-refractivity contribution in [1.29, 1.82) is 5.26 Å². The van der Waals surface area contributed by atoms with Gasteiger partial charge in [-0.25, -0.2) is 8.42 Å². The summed E-state index contributed by atoms with van der Waals surface area (Å²) in [5.74, 6) is -0.0240. The van der Waals surface area contributed by atoms with Crippen molar-refractivity contribution in [2.24, 2.45) is 0 Å². The molecule has 0 saturated carbocycles. The normalized spacial score (nSPS) is 26.4. The van der Waals surface area contributed by atoms with Gasteiger partial charge in [-0.1, -0.05) is 17.7 Å². The highest BCUT2D eigenvalue weighted by molar-refractivity contribution is 7.91. The fourth-order valence-electron chi connectivity index (χ4n) is 1.98. The van der Waals surface area contributed by atoms with Crippen molar-refractivity contribution in [3.8, 4) is 6.07 Å². The molecule has 1 heterocycles. The molecule has 0 radical (unpaired) electrons. The largest absolute Gasteiger partial charge is 0.367 e. The maximum atomic E-state index is 11.5. The summed E-state index contributed by atoms with van der Waals surface area (Å²) in [7, 11) is -3.08. The zero-order chi connectivity index (χ0) is 12.5. The van der Waals surface area contributed by atoms with E-state index < -0.39 is 15.4 Å². The van der Waals surface area contributed by atoms with Crippen molar-refractivity contribution >= 4 is 15.5 Å². The van der Waals surface area contributed by atoms with Crippen molar-refractivity contribution in [2.75, 3.05) is 16.8 Å². The van der Waals surface area contributed by atoms with E-state index in [0.717, 1.165) is 11.3 Å². The Hall–Kier alpha value is -1.54. The Kier molecular flexibility index (Phi) is 2.84. The molecule has 1 saturated heterocycles. The van der Waals surface area contributed by atoms with Gasteiger partial charge >= 0.3 is 0 Å². The second kappa shape index (κ2) is 4.04. The van der Waals surface area contributed by atoms with Crippen LogP contribution in [0, 0.1) is 18.3 Å². The third-order valence-electron chi connectivity index (χ3n) is 2.96. The number of sulfone groups is 1. The highest BCUT2D eigenvalue weighted by atomic mass is 32.2. The summed E-state index contributed by atoms with van der Waals surface area (Å²) in [6.07, 6.45) is 0.347. The number of anilines is 1. The van der Waals surface area contributed by atoms with Crippen LogP contribution in [0.15, 0.2) is 24.3 Å². The van der Waals surface area contributed by atoms with E-state index in [-0.39, 0.29) is 11.5 Å². The van der Waals surface area contributed by atoms with Gasteiger partial charge in [0.2, 0.25) is 0 Å². The monoisotopic (exact) mass is 250 g/mol. The highest BCUT2D eigenvalue weighted by Crippen LogP contribution is 2.27. The first-order chi connectivity index (χ1) is 7.95. The molecule has 0 spiro atoms. The molecule has 2 rings (SSSR count). The van der Waals surface area contributed by atoms with E-state index in [2.05, 4.69) is 11.4 Å². The summed E-state index contributed by atoms with van der Waals surface area (Å²) >= 11 is 0. The highest BCUT2D eigenvalue weighted by Gasteiger charge is 2.42. The molecule has 0 bridgehead atoms. The molecule has 1 fully saturated rings. The molecule has 0 aromatic heterocycles. The lowest BCUT2D eigenvalue weighted by Gasteiger charge is -2.22. The first-order valence-corrected chi connectivity index (χ1v) is 7.23. The number of benzene rings is 1. The number of aryl methyl sites for hydroxylation is 1. The molecule has 90 valence electrons. The van der Waals surface area contributed by atoms with Gasteiger partial charge in [-0.05, 0) is 25.5 Å². The predicted molar refractivity (Wildman–Crippen MR) is 66.4 cm³/mol. The average Bonchev–Trinajstić information content (AvgIpc) is 2.59. The maximum absolute atomic E-state index is 11.5. The minimum atomic E-state index is -3.08. The van der Waals surface area contributed by atoms with E-state index in [1.807, 2.05) is 31.2 Å². The lowest BCUT2D eigenvalue weighted by Crippen LogP contribution is -2.37. The number of rotatable bonds is 2. The summed E-state index contributed by atoms with van der Waals surface area (Å²) in [4.78, 5) is 0. The van der Waals surface area contributed by atoms with Gasteiger partial charge in [0.15, 0.2) is 9.84 Å². The first kappa shape index (κ1) is 11.9. The standard InChI is InChI=1S/C12H14N2O2S/c1-10-2-4-11(5-3-10)14-12(8-13)6-7-17(15,16)9-12/h2-5,14H,6-7,9H2,1H3. The van der Waals surface area contributed by atoms with E-state index in [0.29, 0.717) is 6.42 Å². The summed E-state index contributed by atoms with van der Waals surface area (Å²) < 4.78 is 22.9. The fraction of sp³-hybridized carbons (Fsp3) is 0.417. The zero-order valence-electron chi connectivity index (χ0n) is 9.60. The molecule has 4 nitrogen and oxygen atoms in total. The smallest absolute Gasteiger partial charge is 0.153 e. The van der Waals surface area contributed by atoms with Gasteiger partial charge < -0.3 is 5.32 Å². The Morgan fingerprint density at radius 2 is 2.00 bits per heavy atom. The van der Waals surface area contributed by atoms with Crippen molar-refractivity contribution in [2.45, 2.75) is 18.9 Å². The molecule has 1 unspecified atom stereocenters. The Morgan fingerprint density at radius 3 is 2.47 bits per heavy atom. The van der Waals surface area contributed by atoms with Crippen molar-refractivity contribution in [3.63, 3.8) is 0 Å². The van der Waals surface area contributed by atoms with Gasteiger partial charge in [-0.3, -0.25) is 0 Å². The van der Waals surface area contributed by atoms with Crippen LogP contribution in [-0.4, -0.2) is 25.5 Å². The topological polar surface area (TPSA) is 70.0 Å². The number of hydrogen-bond donors (Lipinski definition) is 1. The Bertz CT molecular complexity index is 557. The molecule has 1 aliphatic heterocycles. The number of hydrogen-bond acceptors (Lipinski definition) is 4. The molecule has 1 aromatic rings. The minimum absolute atomic E-state index is 0.0828. The molecule has 1 aromatic carbocycles. The third kappa shape index (κ3) is 2.59. The van der Waals surface area contributed by atoms with Crippen LogP contribution in [0.3, 0.4) is 0 Å². The van der Waals surface area contributed by atoms with Crippen molar-refractivity contribution < 1.29 is 8.42 Å². The van der Waals surface area contributed by atoms with Gasteiger partial charge in [0, 0.05) is 5.69 Å².